The third-order valence-electron chi connectivity index (χ3n) is 4.58. The summed E-state index contributed by atoms with van der Waals surface area (Å²) in [5.41, 5.74) is 4.61. The molecule has 3 rings (SSSR count). The summed E-state index contributed by atoms with van der Waals surface area (Å²) in [7, 11) is 0. The second-order valence-corrected chi connectivity index (χ2v) is 8.08. The molecule has 1 aromatic heterocycles. The monoisotopic (exact) mass is 327 g/mol. The van der Waals surface area contributed by atoms with Crippen molar-refractivity contribution in [1.82, 2.24) is 15.5 Å². The fraction of sp³-hybridized carbons (Fsp3) is 0.471. The summed E-state index contributed by atoms with van der Waals surface area (Å²) < 4.78 is 0. The van der Waals surface area contributed by atoms with Gasteiger partial charge in [-0.25, -0.2) is 4.99 Å². The van der Waals surface area contributed by atoms with Crippen molar-refractivity contribution in [3.8, 4) is 6.19 Å². The molecule has 1 aliphatic carbocycles. The zero-order chi connectivity index (χ0) is 16.8. The van der Waals surface area contributed by atoms with Gasteiger partial charge in [-0.3, -0.25) is 10.4 Å². The molecule has 2 N–H and O–H groups in total. The number of aliphatic imine (C=N–C) groups is 1. The van der Waals surface area contributed by atoms with Crippen molar-refractivity contribution in [2.45, 2.75) is 44.9 Å². The van der Waals surface area contributed by atoms with E-state index in [9.17, 15) is 0 Å². The van der Waals surface area contributed by atoms with Gasteiger partial charge in [0.15, 0.2) is 11.4 Å². The lowest BCUT2D eigenvalue weighted by Crippen LogP contribution is -2.18. The van der Waals surface area contributed by atoms with Crippen LogP contribution in [0.25, 0.3) is 10.9 Å². The van der Waals surface area contributed by atoms with E-state index in [1.165, 1.54) is 22.9 Å². The number of rotatable bonds is 1. The number of nitrogens with zero attached hydrogens (tertiary/aromatic N) is 3. The maximum absolute atomic E-state index is 8.92. The van der Waals surface area contributed by atoms with Gasteiger partial charge in [0.1, 0.15) is 0 Å². The number of H-pyrrole nitrogens is 1. The Balaban J connectivity index is 2.37. The topological polar surface area (TPSA) is 76.9 Å². The highest BCUT2D eigenvalue weighted by Gasteiger charge is 2.44. The van der Waals surface area contributed by atoms with E-state index < -0.39 is 0 Å². The number of aromatic nitrogens is 2. The number of nitrogens with one attached hydrogen (secondary N) is 2. The van der Waals surface area contributed by atoms with Gasteiger partial charge in [0, 0.05) is 5.39 Å². The molecular formula is C17H21N5S. The van der Waals surface area contributed by atoms with Crippen molar-refractivity contribution >= 4 is 33.5 Å². The summed E-state index contributed by atoms with van der Waals surface area (Å²) in [5.74, 6) is 0. The summed E-state index contributed by atoms with van der Waals surface area (Å²) >= 11 is 1.43. The predicted octanol–water partition coefficient (Wildman–Crippen LogP) is 3.94. The zero-order valence-electron chi connectivity index (χ0n) is 14.1. The first-order valence-corrected chi connectivity index (χ1v) is 8.81. The van der Waals surface area contributed by atoms with Crippen LogP contribution in [0.3, 0.4) is 0 Å². The van der Waals surface area contributed by atoms with Crippen LogP contribution in [0.5, 0.6) is 0 Å². The molecule has 0 saturated heterocycles. The van der Waals surface area contributed by atoms with Gasteiger partial charge < -0.3 is 0 Å². The van der Waals surface area contributed by atoms with E-state index in [1.54, 1.807) is 0 Å². The Labute approximate surface area is 140 Å². The average molecular weight is 327 g/mol. The maximum Gasteiger partial charge on any atom is 0.183 e. The summed E-state index contributed by atoms with van der Waals surface area (Å²) in [6.45, 7) is 9.09. The molecule has 0 unspecified atom stereocenters. The minimum atomic E-state index is 0.0271. The second kappa shape index (κ2) is 5.27. The Morgan fingerprint density at radius 2 is 2.13 bits per heavy atom. The van der Waals surface area contributed by atoms with Crippen LogP contribution >= 0.6 is 11.8 Å². The van der Waals surface area contributed by atoms with Crippen LogP contribution < -0.4 is 5.32 Å². The highest BCUT2D eigenvalue weighted by molar-refractivity contribution is 8.13. The van der Waals surface area contributed by atoms with Crippen LogP contribution in [-0.4, -0.2) is 21.6 Å². The van der Waals surface area contributed by atoms with Gasteiger partial charge in [0.05, 0.1) is 17.4 Å². The number of hydrogen-bond acceptors (Lipinski definition) is 4. The Bertz CT molecular complexity index is 839. The minimum Gasteiger partial charge on any atom is -0.278 e. The molecule has 23 heavy (non-hydrogen) atoms. The van der Waals surface area contributed by atoms with E-state index in [-0.39, 0.29) is 10.8 Å². The lowest BCUT2D eigenvalue weighted by atomic mass is 9.81. The van der Waals surface area contributed by atoms with Crippen LogP contribution in [0, 0.1) is 11.5 Å². The predicted molar refractivity (Wildman–Crippen MR) is 96.1 cm³/mol. The molecule has 1 aromatic carbocycles. The zero-order valence-corrected chi connectivity index (χ0v) is 14.9. The standard InChI is InChI=1S/C17H21N5S/c1-16(2)8-17(3,4)13-11(16)6-12-10(7-20-22-12)14(13)21-15(23-5)19-9-18/h6-7H,8H2,1-5H3,(H,19,21)(H,20,22). The molecule has 6 heteroatoms. The second-order valence-electron chi connectivity index (χ2n) is 7.28. The van der Waals surface area contributed by atoms with Gasteiger partial charge in [-0.1, -0.05) is 39.5 Å². The Morgan fingerprint density at radius 3 is 2.78 bits per heavy atom. The van der Waals surface area contributed by atoms with E-state index in [0.29, 0.717) is 5.17 Å². The van der Waals surface area contributed by atoms with E-state index in [2.05, 4.69) is 49.3 Å². The first kappa shape index (κ1) is 15.9. The quantitative estimate of drug-likeness (QED) is 0.360. The largest absolute Gasteiger partial charge is 0.278 e. The van der Waals surface area contributed by atoms with Gasteiger partial charge in [-0.2, -0.15) is 10.4 Å². The Kier molecular flexibility index (Phi) is 3.64. The van der Waals surface area contributed by atoms with Crippen LogP contribution in [0.15, 0.2) is 17.3 Å². The summed E-state index contributed by atoms with van der Waals surface area (Å²) in [6.07, 6.45) is 6.76. The molecule has 0 aliphatic heterocycles. The van der Waals surface area contributed by atoms with Crippen molar-refractivity contribution in [1.29, 1.82) is 5.26 Å². The first-order chi connectivity index (χ1) is 10.8. The fourth-order valence-electron chi connectivity index (χ4n) is 3.97. The highest BCUT2D eigenvalue weighted by Crippen LogP contribution is 2.54. The van der Waals surface area contributed by atoms with Gasteiger partial charge in [-0.05, 0) is 40.7 Å². The minimum absolute atomic E-state index is 0.0271. The number of nitriles is 1. The fourth-order valence-corrected chi connectivity index (χ4v) is 4.30. The molecule has 0 bridgehead atoms. The molecule has 0 amide bonds. The molecule has 2 aromatic rings. The summed E-state index contributed by atoms with van der Waals surface area (Å²) in [5, 5.41) is 20.4. The third kappa shape index (κ3) is 2.49. The van der Waals surface area contributed by atoms with Crippen molar-refractivity contribution < 1.29 is 0 Å². The van der Waals surface area contributed by atoms with Crippen LogP contribution in [0.1, 0.15) is 45.2 Å². The molecule has 0 spiro atoms. The molecule has 0 saturated carbocycles. The molecule has 1 heterocycles. The highest BCUT2D eigenvalue weighted by atomic mass is 32.2. The number of aromatic amines is 1. The molecule has 120 valence electrons. The van der Waals surface area contributed by atoms with Crippen molar-refractivity contribution in [3.63, 3.8) is 0 Å². The van der Waals surface area contributed by atoms with Gasteiger partial charge in [-0.15, -0.1) is 0 Å². The Hall–Kier alpha value is -2.00. The van der Waals surface area contributed by atoms with Crippen LogP contribution in [0.4, 0.5) is 5.69 Å². The van der Waals surface area contributed by atoms with Crippen LogP contribution in [-0.2, 0) is 10.8 Å². The lowest BCUT2D eigenvalue weighted by Gasteiger charge is -2.23. The van der Waals surface area contributed by atoms with Crippen molar-refractivity contribution in [3.05, 3.63) is 23.4 Å². The van der Waals surface area contributed by atoms with Crippen LogP contribution in [0.2, 0.25) is 0 Å². The number of thioether (sulfide) groups is 1. The third-order valence-corrected chi connectivity index (χ3v) is 5.16. The average Bonchev–Trinajstić information content (AvgIpc) is 2.99. The van der Waals surface area contributed by atoms with Gasteiger partial charge in [0.25, 0.3) is 0 Å². The van der Waals surface area contributed by atoms with E-state index in [4.69, 9.17) is 10.3 Å². The lowest BCUT2D eigenvalue weighted by molar-refractivity contribution is 0.403. The molecule has 5 nitrogen and oxygen atoms in total. The maximum atomic E-state index is 8.92. The molecule has 0 radical (unpaired) electrons. The van der Waals surface area contributed by atoms with Gasteiger partial charge >= 0.3 is 0 Å². The number of amidine groups is 1. The summed E-state index contributed by atoms with van der Waals surface area (Å²) in [6, 6.07) is 2.21. The molecule has 0 fully saturated rings. The molecule has 0 atom stereocenters. The van der Waals surface area contributed by atoms with E-state index in [1.807, 2.05) is 18.6 Å². The van der Waals surface area contributed by atoms with Crippen molar-refractivity contribution in [2.24, 2.45) is 4.99 Å². The molecular weight excluding hydrogens is 306 g/mol. The summed E-state index contributed by atoms with van der Waals surface area (Å²) in [4.78, 5) is 4.79. The SMILES string of the molecule is CSC(=Nc1c2c(cc3[nH]ncc13)C(C)(C)CC2(C)C)NC#N. The first-order valence-electron chi connectivity index (χ1n) is 7.59. The van der Waals surface area contributed by atoms with E-state index in [0.717, 1.165) is 23.0 Å². The molecule has 1 aliphatic rings. The van der Waals surface area contributed by atoms with Crippen molar-refractivity contribution in [2.75, 3.05) is 6.26 Å². The smallest absolute Gasteiger partial charge is 0.183 e. The van der Waals surface area contributed by atoms with Gasteiger partial charge in [0.2, 0.25) is 0 Å². The number of fused-ring (bicyclic) bond motifs is 2. The number of hydrogen-bond donors (Lipinski definition) is 2. The normalized spacial score (nSPS) is 18.7. The number of benzene rings is 1. The Morgan fingerprint density at radius 1 is 1.39 bits per heavy atom. The van der Waals surface area contributed by atoms with E-state index >= 15 is 0 Å².